The van der Waals surface area contributed by atoms with E-state index < -0.39 is 88.3 Å². The first-order valence-corrected chi connectivity index (χ1v) is 15.2. The lowest BCUT2D eigenvalue weighted by atomic mass is 9.82. The summed E-state index contributed by atoms with van der Waals surface area (Å²) in [6, 6.07) is 0. The van der Waals surface area contributed by atoms with Gasteiger partial charge in [0.2, 0.25) is 0 Å². The maximum absolute atomic E-state index is 13.4. The van der Waals surface area contributed by atoms with Crippen LogP contribution in [-0.2, 0) is 62.2 Å². The Labute approximate surface area is 241 Å². The largest absolute Gasteiger partial charge is 0.463 e. The van der Waals surface area contributed by atoms with E-state index >= 15 is 0 Å². The zero-order valence-corrected chi connectivity index (χ0v) is 25.6. The molecule has 1 unspecified atom stereocenters. The third-order valence-electron chi connectivity index (χ3n) is 6.95. The van der Waals surface area contributed by atoms with Crippen molar-refractivity contribution in [3.8, 4) is 0 Å². The van der Waals surface area contributed by atoms with Gasteiger partial charge in [-0.25, -0.2) is 8.42 Å². The fourth-order valence-electron chi connectivity index (χ4n) is 5.08. The minimum atomic E-state index is -4.22. The molecule has 0 saturated carbocycles. The number of carbonyl (C=O) groups is 4. The number of carbonyl (C=O) groups excluding carboxylic acids is 4. The molecule has 2 aliphatic heterocycles. The van der Waals surface area contributed by atoms with Crippen LogP contribution < -0.4 is 0 Å². The van der Waals surface area contributed by atoms with Crippen LogP contribution in [0.3, 0.4) is 0 Å². The summed E-state index contributed by atoms with van der Waals surface area (Å²) in [7, 11) is -4.22. The normalized spacial score (nSPS) is 33.8. The van der Waals surface area contributed by atoms with E-state index in [0.717, 1.165) is 20.8 Å². The Hall–Kier alpha value is -2.55. The van der Waals surface area contributed by atoms with Gasteiger partial charge in [-0.2, -0.15) is 0 Å². The van der Waals surface area contributed by atoms with Gasteiger partial charge in [0, 0.05) is 33.6 Å². The van der Waals surface area contributed by atoms with Gasteiger partial charge in [-0.15, -0.1) is 0 Å². The smallest absolute Gasteiger partial charge is 0.303 e. The molecule has 41 heavy (non-hydrogen) atoms. The predicted octanol–water partition coefficient (Wildman–Crippen LogP) is 1.85. The molecule has 0 spiro atoms. The van der Waals surface area contributed by atoms with Crippen LogP contribution in [0.15, 0.2) is 12.2 Å². The van der Waals surface area contributed by atoms with Gasteiger partial charge in [0.05, 0.1) is 11.9 Å². The second-order valence-electron chi connectivity index (χ2n) is 10.6. The monoisotopic (exact) mass is 606 g/mol. The van der Waals surface area contributed by atoms with Gasteiger partial charge >= 0.3 is 23.9 Å². The molecule has 0 N–H and O–H groups in total. The topological polar surface area (TPSA) is 167 Å². The van der Waals surface area contributed by atoms with Gasteiger partial charge in [-0.1, -0.05) is 32.9 Å². The van der Waals surface area contributed by atoms with Crippen molar-refractivity contribution in [1.82, 2.24) is 0 Å². The molecule has 0 bridgehead atoms. The Kier molecular flexibility index (Phi) is 12.3. The number of rotatable bonds is 11. The molecule has 2 heterocycles. The van der Waals surface area contributed by atoms with Crippen molar-refractivity contribution < 1.29 is 60.8 Å². The van der Waals surface area contributed by atoms with Crippen LogP contribution in [0.1, 0.15) is 61.8 Å². The second-order valence-corrected chi connectivity index (χ2v) is 12.7. The molecule has 0 aromatic heterocycles. The highest BCUT2D eigenvalue weighted by molar-refractivity contribution is 7.92. The molecule has 2 fully saturated rings. The maximum Gasteiger partial charge on any atom is 0.303 e. The van der Waals surface area contributed by atoms with E-state index in [4.69, 9.17) is 33.2 Å². The lowest BCUT2D eigenvalue weighted by Crippen LogP contribution is -2.65. The zero-order valence-electron chi connectivity index (χ0n) is 24.8. The van der Waals surface area contributed by atoms with Crippen molar-refractivity contribution in [2.75, 3.05) is 12.4 Å². The molecular formula is C27H42O13S. The molecule has 2 rings (SSSR count). The molecule has 0 radical (unpaired) electrons. The summed E-state index contributed by atoms with van der Waals surface area (Å²) in [4.78, 5) is 48.2. The third-order valence-corrected chi connectivity index (χ3v) is 8.94. The minimum absolute atomic E-state index is 0.0293. The second kappa shape index (κ2) is 14.6. The van der Waals surface area contributed by atoms with Gasteiger partial charge < -0.3 is 33.2 Å². The van der Waals surface area contributed by atoms with E-state index in [1.165, 1.54) is 13.8 Å². The summed E-state index contributed by atoms with van der Waals surface area (Å²) in [5.74, 6) is -3.78. The molecule has 0 aromatic carbocycles. The molecule has 0 aromatic rings. The summed E-state index contributed by atoms with van der Waals surface area (Å²) >= 11 is 0. The summed E-state index contributed by atoms with van der Waals surface area (Å²) in [5, 5.41) is 0. The summed E-state index contributed by atoms with van der Waals surface area (Å²) < 4.78 is 66.8. The number of hydrogen-bond donors (Lipinski definition) is 0. The van der Waals surface area contributed by atoms with Crippen LogP contribution in [0.2, 0.25) is 0 Å². The summed E-state index contributed by atoms with van der Waals surface area (Å²) in [6.45, 7) is 14.9. The predicted molar refractivity (Wildman–Crippen MR) is 143 cm³/mol. The molecule has 10 atom stereocenters. The van der Waals surface area contributed by atoms with E-state index in [0.29, 0.717) is 6.42 Å². The minimum Gasteiger partial charge on any atom is -0.463 e. The number of esters is 4. The molecule has 0 amide bonds. The summed E-state index contributed by atoms with van der Waals surface area (Å²) in [5.41, 5.74) is -1.55. The maximum atomic E-state index is 13.4. The quantitative estimate of drug-likeness (QED) is 0.190. The Morgan fingerprint density at radius 3 is 1.76 bits per heavy atom. The van der Waals surface area contributed by atoms with Crippen LogP contribution in [0.25, 0.3) is 0 Å². The molecule has 2 saturated heterocycles. The van der Waals surface area contributed by atoms with Crippen LogP contribution >= 0.6 is 0 Å². The first-order valence-electron chi connectivity index (χ1n) is 13.5. The van der Waals surface area contributed by atoms with Crippen molar-refractivity contribution in [2.24, 2.45) is 11.8 Å². The van der Waals surface area contributed by atoms with Crippen LogP contribution in [-0.4, -0.2) is 93.0 Å². The standard InChI is InChI=1S/C27H42O13S/c1-10-20-14(4)15(5)22(35-17(7)29)26(38-20)40-23-21(11-34-16(6)28)39-27(41(32,33)12-13(2)3)25(37-19(9)31)24(23)36-18(8)30/h14-15,20-27H,2,10-12H2,1,3-9H3/t14-,15-,20+,21+,22+,23+,24-,25+,26+,27?/m0/s1. The van der Waals surface area contributed by atoms with E-state index in [9.17, 15) is 27.6 Å². The molecule has 2 aliphatic rings. The van der Waals surface area contributed by atoms with Crippen molar-refractivity contribution in [3.63, 3.8) is 0 Å². The van der Waals surface area contributed by atoms with Crippen LogP contribution in [0.4, 0.5) is 0 Å². The molecule has 234 valence electrons. The third kappa shape index (κ3) is 9.22. The molecule has 0 aliphatic carbocycles. The first kappa shape index (κ1) is 34.7. The van der Waals surface area contributed by atoms with E-state index in [1.807, 2.05) is 20.8 Å². The Balaban J connectivity index is 2.66. The van der Waals surface area contributed by atoms with Crippen molar-refractivity contribution in [3.05, 3.63) is 12.2 Å². The van der Waals surface area contributed by atoms with Crippen molar-refractivity contribution in [1.29, 1.82) is 0 Å². The van der Waals surface area contributed by atoms with Gasteiger partial charge in [-0.05, 0) is 19.3 Å². The Morgan fingerprint density at radius 1 is 0.732 bits per heavy atom. The van der Waals surface area contributed by atoms with Crippen LogP contribution in [0, 0.1) is 11.8 Å². The van der Waals surface area contributed by atoms with Gasteiger partial charge in [0.25, 0.3) is 0 Å². The molecule has 13 nitrogen and oxygen atoms in total. The Bertz CT molecular complexity index is 1090. The number of hydrogen-bond acceptors (Lipinski definition) is 13. The SMILES string of the molecule is C=C(C)CS(=O)(=O)C1O[C@H](COC(C)=O)[C@@H](O[C@H]2O[C@H](CC)[C@@H](C)[C@H](C)[C@H]2OC(C)=O)[C@H](OC(C)=O)[C@H]1OC(C)=O. The van der Waals surface area contributed by atoms with E-state index in [-0.39, 0.29) is 23.5 Å². The Morgan fingerprint density at radius 2 is 1.27 bits per heavy atom. The fourth-order valence-corrected chi connectivity index (χ4v) is 6.86. The lowest BCUT2D eigenvalue weighted by molar-refractivity contribution is -0.325. The highest BCUT2D eigenvalue weighted by atomic mass is 32.2. The van der Waals surface area contributed by atoms with Crippen molar-refractivity contribution in [2.45, 2.75) is 110 Å². The first-order chi connectivity index (χ1) is 19.0. The number of ether oxygens (including phenoxy) is 7. The van der Waals surface area contributed by atoms with Crippen molar-refractivity contribution >= 4 is 33.7 Å². The number of sulfone groups is 1. The average molecular weight is 607 g/mol. The van der Waals surface area contributed by atoms with Gasteiger partial charge in [0.15, 0.2) is 39.9 Å². The van der Waals surface area contributed by atoms with Gasteiger partial charge in [0.1, 0.15) is 18.8 Å². The van der Waals surface area contributed by atoms with E-state index in [2.05, 4.69) is 6.58 Å². The zero-order chi connectivity index (χ0) is 31.2. The lowest BCUT2D eigenvalue weighted by Gasteiger charge is -2.48. The van der Waals surface area contributed by atoms with E-state index in [1.54, 1.807) is 0 Å². The highest BCUT2D eigenvalue weighted by Crippen LogP contribution is 2.38. The molecule has 14 heteroatoms. The van der Waals surface area contributed by atoms with Crippen LogP contribution in [0.5, 0.6) is 0 Å². The summed E-state index contributed by atoms with van der Waals surface area (Å²) in [6.07, 6.45) is -7.78. The fraction of sp³-hybridized carbons (Fsp3) is 0.778. The average Bonchev–Trinajstić information content (AvgIpc) is 2.82. The molecular weight excluding hydrogens is 564 g/mol. The highest BCUT2D eigenvalue weighted by Gasteiger charge is 2.57. The van der Waals surface area contributed by atoms with Gasteiger partial charge in [-0.3, -0.25) is 19.2 Å².